The van der Waals surface area contributed by atoms with Gasteiger partial charge in [-0.3, -0.25) is 4.79 Å². The molecule has 1 atom stereocenters. The van der Waals surface area contributed by atoms with E-state index in [1.807, 2.05) is 6.92 Å². The molecule has 1 aromatic carbocycles. The fourth-order valence-electron chi connectivity index (χ4n) is 1.77. The zero-order valence-electron chi connectivity index (χ0n) is 11.5. The third-order valence-electron chi connectivity index (χ3n) is 2.96. The van der Waals surface area contributed by atoms with Gasteiger partial charge in [0, 0.05) is 13.1 Å². The molecule has 19 heavy (non-hydrogen) atoms. The normalized spacial score (nSPS) is 12.0. The number of hydrogen-bond acceptors (Lipinski definition) is 4. The topological polar surface area (TPSA) is 47.6 Å². The molecule has 1 N–H and O–H groups in total. The summed E-state index contributed by atoms with van der Waals surface area (Å²) in [6, 6.07) is 4.79. The average Bonchev–Trinajstić information content (AvgIpc) is 2.43. The smallest absolute Gasteiger partial charge is 0.309 e. The van der Waals surface area contributed by atoms with Gasteiger partial charge < -0.3 is 14.8 Å². The molecular weight excluding hydrogens is 249 g/mol. The number of methoxy groups -OCH3 is 2. The molecule has 0 aliphatic carbocycles. The summed E-state index contributed by atoms with van der Waals surface area (Å²) in [5, 5.41) is 3.12. The molecule has 4 nitrogen and oxygen atoms in total. The van der Waals surface area contributed by atoms with Gasteiger partial charge in [-0.15, -0.1) is 0 Å². The maximum Gasteiger partial charge on any atom is 0.309 e. The number of carbonyl (C=O) groups excluding carboxylic acids is 1. The summed E-state index contributed by atoms with van der Waals surface area (Å²) in [5.74, 6) is -0.560. The second-order valence-corrected chi connectivity index (χ2v) is 4.23. The zero-order valence-corrected chi connectivity index (χ0v) is 11.5. The van der Waals surface area contributed by atoms with Crippen LogP contribution in [0.25, 0.3) is 0 Å². The number of halogens is 1. The minimum absolute atomic E-state index is 0.173. The van der Waals surface area contributed by atoms with Crippen LogP contribution in [0.3, 0.4) is 0 Å². The minimum Gasteiger partial charge on any atom is -0.494 e. The van der Waals surface area contributed by atoms with Crippen molar-refractivity contribution in [3.63, 3.8) is 0 Å². The van der Waals surface area contributed by atoms with Crippen molar-refractivity contribution in [2.24, 2.45) is 5.92 Å². The number of ether oxygens (including phenoxy) is 2. The van der Waals surface area contributed by atoms with Gasteiger partial charge in [0.25, 0.3) is 0 Å². The monoisotopic (exact) mass is 269 g/mol. The minimum atomic E-state index is -0.387. The second kappa shape index (κ2) is 7.74. The van der Waals surface area contributed by atoms with E-state index >= 15 is 0 Å². The Morgan fingerprint density at radius 1 is 1.42 bits per heavy atom. The van der Waals surface area contributed by atoms with Crippen LogP contribution < -0.4 is 10.1 Å². The number of hydrogen-bond donors (Lipinski definition) is 1. The van der Waals surface area contributed by atoms with Crippen LogP contribution >= 0.6 is 0 Å². The molecule has 0 saturated carbocycles. The SMILES string of the molecule is CCC(CNCc1ccc(OC)c(F)c1)C(=O)OC. The number of rotatable bonds is 7. The van der Waals surface area contributed by atoms with Crippen LogP contribution in [0, 0.1) is 11.7 Å². The summed E-state index contributed by atoms with van der Waals surface area (Å²) in [6.07, 6.45) is 0.705. The number of carbonyl (C=O) groups is 1. The Balaban J connectivity index is 2.48. The fraction of sp³-hybridized carbons (Fsp3) is 0.500. The number of esters is 1. The van der Waals surface area contributed by atoms with E-state index in [1.54, 1.807) is 12.1 Å². The van der Waals surface area contributed by atoms with E-state index in [2.05, 4.69) is 5.32 Å². The van der Waals surface area contributed by atoms with Crippen molar-refractivity contribution in [1.29, 1.82) is 0 Å². The van der Waals surface area contributed by atoms with Gasteiger partial charge in [0.15, 0.2) is 11.6 Å². The molecule has 0 fully saturated rings. The second-order valence-electron chi connectivity index (χ2n) is 4.23. The Morgan fingerprint density at radius 3 is 2.68 bits per heavy atom. The van der Waals surface area contributed by atoms with Gasteiger partial charge in [0.1, 0.15) is 0 Å². The van der Waals surface area contributed by atoms with Crippen LogP contribution in [0.2, 0.25) is 0 Å². The largest absolute Gasteiger partial charge is 0.494 e. The Labute approximate surface area is 112 Å². The maximum atomic E-state index is 13.5. The van der Waals surface area contributed by atoms with E-state index in [4.69, 9.17) is 9.47 Å². The van der Waals surface area contributed by atoms with Crippen molar-refractivity contribution < 1.29 is 18.7 Å². The molecule has 1 rings (SSSR count). The van der Waals surface area contributed by atoms with Gasteiger partial charge >= 0.3 is 5.97 Å². The molecule has 5 heteroatoms. The van der Waals surface area contributed by atoms with E-state index in [0.29, 0.717) is 19.5 Å². The van der Waals surface area contributed by atoms with Crippen LogP contribution in [-0.4, -0.2) is 26.7 Å². The van der Waals surface area contributed by atoms with E-state index < -0.39 is 0 Å². The molecule has 0 saturated heterocycles. The fourth-order valence-corrected chi connectivity index (χ4v) is 1.77. The van der Waals surface area contributed by atoms with Crippen LogP contribution in [0.4, 0.5) is 4.39 Å². The van der Waals surface area contributed by atoms with Gasteiger partial charge in [0.2, 0.25) is 0 Å². The zero-order chi connectivity index (χ0) is 14.3. The highest BCUT2D eigenvalue weighted by Gasteiger charge is 2.16. The van der Waals surface area contributed by atoms with Crippen molar-refractivity contribution in [3.05, 3.63) is 29.6 Å². The van der Waals surface area contributed by atoms with E-state index in [9.17, 15) is 9.18 Å². The van der Waals surface area contributed by atoms with Crippen molar-refractivity contribution in [3.8, 4) is 5.75 Å². The van der Waals surface area contributed by atoms with Gasteiger partial charge in [-0.2, -0.15) is 0 Å². The first-order chi connectivity index (χ1) is 9.12. The van der Waals surface area contributed by atoms with Crippen LogP contribution in [0.5, 0.6) is 5.75 Å². The highest BCUT2D eigenvalue weighted by atomic mass is 19.1. The Kier molecular flexibility index (Phi) is 6.29. The molecule has 1 unspecified atom stereocenters. The first-order valence-electron chi connectivity index (χ1n) is 6.23. The molecule has 0 amide bonds. The summed E-state index contributed by atoms with van der Waals surface area (Å²) in [4.78, 5) is 11.4. The maximum absolute atomic E-state index is 13.5. The van der Waals surface area contributed by atoms with Gasteiger partial charge in [0.05, 0.1) is 20.1 Å². The molecule has 0 spiro atoms. The Hall–Kier alpha value is -1.62. The molecule has 1 aromatic rings. The van der Waals surface area contributed by atoms with E-state index in [-0.39, 0.29) is 23.5 Å². The van der Waals surface area contributed by atoms with Crippen LogP contribution in [0.1, 0.15) is 18.9 Å². The molecule has 0 aliphatic heterocycles. The molecule has 0 aromatic heterocycles. The van der Waals surface area contributed by atoms with E-state index in [1.165, 1.54) is 20.3 Å². The summed E-state index contributed by atoms with van der Waals surface area (Å²) in [6.45, 7) is 2.93. The molecule has 0 heterocycles. The lowest BCUT2D eigenvalue weighted by Gasteiger charge is -2.13. The summed E-state index contributed by atoms with van der Waals surface area (Å²) >= 11 is 0. The average molecular weight is 269 g/mol. The highest BCUT2D eigenvalue weighted by molar-refractivity contribution is 5.72. The first kappa shape index (κ1) is 15.4. The Bertz CT molecular complexity index is 423. The van der Waals surface area contributed by atoms with Crippen molar-refractivity contribution in [1.82, 2.24) is 5.32 Å². The number of nitrogens with one attached hydrogen (secondary N) is 1. The molecule has 0 radical (unpaired) electrons. The predicted octanol–water partition coefficient (Wildman–Crippen LogP) is 2.12. The molecule has 0 bridgehead atoms. The van der Waals surface area contributed by atoms with Crippen molar-refractivity contribution in [2.45, 2.75) is 19.9 Å². The lowest BCUT2D eigenvalue weighted by atomic mass is 10.1. The summed E-state index contributed by atoms with van der Waals surface area (Å²) in [5.41, 5.74) is 0.804. The molecule has 0 aliphatic rings. The van der Waals surface area contributed by atoms with Crippen LogP contribution in [-0.2, 0) is 16.1 Å². The van der Waals surface area contributed by atoms with Gasteiger partial charge in [-0.1, -0.05) is 13.0 Å². The Morgan fingerprint density at radius 2 is 2.16 bits per heavy atom. The third-order valence-corrected chi connectivity index (χ3v) is 2.96. The number of benzene rings is 1. The predicted molar refractivity (Wildman–Crippen MR) is 70.5 cm³/mol. The quantitative estimate of drug-likeness (QED) is 0.770. The summed E-state index contributed by atoms with van der Waals surface area (Å²) in [7, 11) is 2.81. The molecular formula is C14H20FNO3. The van der Waals surface area contributed by atoms with Gasteiger partial charge in [-0.25, -0.2) is 4.39 Å². The van der Waals surface area contributed by atoms with Crippen molar-refractivity contribution >= 4 is 5.97 Å². The lowest BCUT2D eigenvalue weighted by Crippen LogP contribution is -2.28. The lowest BCUT2D eigenvalue weighted by molar-refractivity contribution is -0.145. The van der Waals surface area contributed by atoms with Crippen molar-refractivity contribution in [2.75, 3.05) is 20.8 Å². The third kappa shape index (κ3) is 4.52. The highest BCUT2D eigenvalue weighted by Crippen LogP contribution is 2.17. The van der Waals surface area contributed by atoms with E-state index in [0.717, 1.165) is 5.56 Å². The summed E-state index contributed by atoms with van der Waals surface area (Å²) < 4.78 is 23.0. The van der Waals surface area contributed by atoms with Crippen LogP contribution in [0.15, 0.2) is 18.2 Å². The molecule has 106 valence electrons. The standard InChI is InChI=1S/C14H20FNO3/c1-4-11(14(17)19-3)9-16-8-10-5-6-13(18-2)12(15)7-10/h5-7,11,16H,4,8-9H2,1-3H3. The first-order valence-corrected chi connectivity index (χ1v) is 6.23. The van der Waals surface area contributed by atoms with Gasteiger partial charge in [-0.05, 0) is 24.1 Å².